The number of benzene rings is 1. The molecule has 1 aliphatic heterocycles. The lowest BCUT2D eigenvalue weighted by Crippen LogP contribution is -2.52. The summed E-state index contributed by atoms with van der Waals surface area (Å²) in [5, 5.41) is 3.34. The Labute approximate surface area is 179 Å². The monoisotopic (exact) mass is 429 g/mol. The fourth-order valence-electron chi connectivity index (χ4n) is 3.48. The minimum atomic E-state index is -3.12. The van der Waals surface area contributed by atoms with Gasteiger partial charge in [-0.2, -0.15) is 0 Å². The SMILES string of the molecule is CCNC(=NCCCS(=O)(=O)Cc1ccccc1)N1CCN(c2ccccn2)CC1. The normalized spacial score (nSPS) is 15.3. The minimum absolute atomic E-state index is 0.0904. The van der Waals surface area contributed by atoms with E-state index in [4.69, 9.17) is 0 Å². The van der Waals surface area contributed by atoms with Crippen LogP contribution in [0.25, 0.3) is 0 Å². The van der Waals surface area contributed by atoms with Crippen molar-refractivity contribution in [1.82, 2.24) is 15.2 Å². The van der Waals surface area contributed by atoms with Gasteiger partial charge in [0.1, 0.15) is 5.82 Å². The Morgan fingerprint density at radius 1 is 1.07 bits per heavy atom. The highest BCUT2D eigenvalue weighted by Gasteiger charge is 2.20. The van der Waals surface area contributed by atoms with E-state index in [0.29, 0.717) is 13.0 Å². The maximum absolute atomic E-state index is 12.4. The molecule has 1 aromatic carbocycles. The van der Waals surface area contributed by atoms with E-state index in [-0.39, 0.29) is 11.5 Å². The second kappa shape index (κ2) is 11.0. The molecule has 0 bridgehead atoms. The van der Waals surface area contributed by atoms with Crippen molar-refractivity contribution >= 4 is 21.6 Å². The molecule has 2 aromatic rings. The van der Waals surface area contributed by atoms with Crippen molar-refractivity contribution in [3.63, 3.8) is 0 Å². The summed E-state index contributed by atoms with van der Waals surface area (Å²) in [6.45, 7) is 6.80. The lowest BCUT2D eigenvalue weighted by molar-refractivity contribution is 0.371. The second-order valence-electron chi connectivity index (χ2n) is 7.33. The molecule has 2 heterocycles. The van der Waals surface area contributed by atoms with Gasteiger partial charge in [0.15, 0.2) is 15.8 Å². The van der Waals surface area contributed by atoms with Crippen LogP contribution in [0.5, 0.6) is 0 Å². The first-order valence-electron chi connectivity index (χ1n) is 10.5. The first kappa shape index (κ1) is 22.1. The quantitative estimate of drug-likeness (QED) is 0.394. The van der Waals surface area contributed by atoms with Crippen molar-refractivity contribution in [2.45, 2.75) is 19.1 Å². The van der Waals surface area contributed by atoms with Crippen molar-refractivity contribution in [2.24, 2.45) is 4.99 Å². The summed E-state index contributed by atoms with van der Waals surface area (Å²) in [4.78, 5) is 13.6. The number of pyridine rings is 1. The van der Waals surface area contributed by atoms with Crippen LogP contribution in [-0.2, 0) is 15.6 Å². The van der Waals surface area contributed by atoms with E-state index in [0.717, 1.165) is 50.1 Å². The Hall–Kier alpha value is -2.61. The van der Waals surface area contributed by atoms with Crippen molar-refractivity contribution in [3.8, 4) is 0 Å². The Balaban J connectivity index is 1.49. The summed E-state index contributed by atoms with van der Waals surface area (Å²) in [6.07, 6.45) is 2.34. The van der Waals surface area contributed by atoms with Gasteiger partial charge in [-0.05, 0) is 31.0 Å². The first-order valence-corrected chi connectivity index (χ1v) is 12.3. The molecule has 1 saturated heterocycles. The van der Waals surface area contributed by atoms with Gasteiger partial charge in [-0.25, -0.2) is 13.4 Å². The molecule has 30 heavy (non-hydrogen) atoms. The molecule has 0 aliphatic carbocycles. The molecule has 1 aromatic heterocycles. The van der Waals surface area contributed by atoms with E-state index < -0.39 is 9.84 Å². The predicted molar refractivity (Wildman–Crippen MR) is 123 cm³/mol. The minimum Gasteiger partial charge on any atom is -0.357 e. The fraction of sp³-hybridized carbons (Fsp3) is 0.455. The van der Waals surface area contributed by atoms with Gasteiger partial charge in [-0.1, -0.05) is 36.4 Å². The number of anilines is 1. The second-order valence-corrected chi connectivity index (χ2v) is 9.51. The number of aliphatic imine (C=N–C) groups is 1. The molecule has 1 fully saturated rings. The summed E-state index contributed by atoms with van der Waals surface area (Å²) >= 11 is 0. The zero-order valence-corrected chi connectivity index (χ0v) is 18.4. The Morgan fingerprint density at radius 3 is 2.47 bits per heavy atom. The van der Waals surface area contributed by atoms with Gasteiger partial charge < -0.3 is 15.1 Å². The van der Waals surface area contributed by atoms with E-state index in [2.05, 4.69) is 25.1 Å². The largest absolute Gasteiger partial charge is 0.357 e. The van der Waals surface area contributed by atoms with Crippen LogP contribution in [0, 0.1) is 0 Å². The van der Waals surface area contributed by atoms with Gasteiger partial charge in [-0.15, -0.1) is 0 Å². The molecule has 0 atom stereocenters. The summed E-state index contributed by atoms with van der Waals surface area (Å²) in [6, 6.07) is 15.3. The van der Waals surface area contributed by atoms with Crippen LogP contribution in [0.4, 0.5) is 5.82 Å². The molecular weight excluding hydrogens is 398 g/mol. The molecule has 8 heteroatoms. The lowest BCUT2D eigenvalue weighted by Gasteiger charge is -2.37. The van der Waals surface area contributed by atoms with Gasteiger partial charge in [0, 0.05) is 45.5 Å². The number of nitrogens with zero attached hydrogens (tertiary/aromatic N) is 4. The van der Waals surface area contributed by atoms with Crippen LogP contribution < -0.4 is 10.2 Å². The molecule has 0 saturated carbocycles. The number of hydrogen-bond donors (Lipinski definition) is 1. The number of aromatic nitrogens is 1. The van der Waals surface area contributed by atoms with E-state index >= 15 is 0 Å². The molecule has 162 valence electrons. The predicted octanol–water partition coefficient (Wildman–Crippen LogP) is 2.17. The molecule has 1 N–H and O–H groups in total. The topological polar surface area (TPSA) is 77.9 Å². The average Bonchev–Trinajstić information content (AvgIpc) is 2.77. The standard InChI is InChI=1S/C22H31N5O2S/c1-2-23-22(27-16-14-26(15-17-27)21-11-6-7-12-24-21)25-13-8-18-30(28,29)19-20-9-4-3-5-10-20/h3-7,9-12H,2,8,13-19H2,1H3,(H,23,25). The van der Waals surface area contributed by atoms with E-state index in [1.807, 2.05) is 61.7 Å². The zero-order valence-electron chi connectivity index (χ0n) is 17.6. The summed E-state index contributed by atoms with van der Waals surface area (Å²) in [5.41, 5.74) is 0.833. The third-order valence-electron chi connectivity index (χ3n) is 4.99. The van der Waals surface area contributed by atoms with E-state index in [1.54, 1.807) is 0 Å². The van der Waals surface area contributed by atoms with Gasteiger partial charge in [0.05, 0.1) is 11.5 Å². The number of rotatable bonds is 8. The number of piperazine rings is 1. The Morgan fingerprint density at radius 2 is 1.80 bits per heavy atom. The molecular formula is C22H31N5O2S. The number of guanidine groups is 1. The van der Waals surface area contributed by atoms with Crippen LogP contribution in [0.15, 0.2) is 59.7 Å². The first-order chi connectivity index (χ1) is 14.6. The Bertz CT molecular complexity index is 896. The number of sulfone groups is 1. The van der Waals surface area contributed by atoms with Crippen LogP contribution in [0.2, 0.25) is 0 Å². The number of hydrogen-bond acceptors (Lipinski definition) is 5. The summed E-state index contributed by atoms with van der Waals surface area (Å²) in [7, 11) is -3.12. The van der Waals surface area contributed by atoms with Crippen molar-refractivity contribution < 1.29 is 8.42 Å². The average molecular weight is 430 g/mol. The Kier molecular flexibility index (Phi) is 8.07. The smallest absolute Gasteiger partial charge is 0.194 e. The third kappa shape index (κ3) is 6.73. The van der Waals surface area contributed by atoms with Crippen molar-refractivity contribution in [3.05, 3.63) is 60.3 Å². The molecule has 0 amide bonds. The zero-order chi connectivity index (χ0) is 21.2. The molecule has 7 nitrogen and oxygen atoms in total. The highest BCUT2D eigenvalue weighted by Crippen LogP contribution is 2.13. The van der Waals surface area contributed by atoms with Crippen molar-refractivity contribution in [2.75, 3.05) is 49.9 Å². The van der Waals surface area contributed by atoms with E-state index in [9.17, 15) is 8.42 Å². The maximum Gasteiger partial charge on any atom is 0.194 e. The van der Waals surface area contributed by atoms with Gasteiger partial charge in [0.2, 0.25) is 0 Å². The van der Waals surface area contributed by atoms with Crippen LogP contribution in [0.1, 0.15) is 18.9 Å². The molecule has 0 radical (unpaired) electrons. The van der Waals surface area contributed by atoms with Gasteiger partial charge >= 0.3 is 0 Å². The van der Waals surface area contributed by atoms with Gasteiger partial charge in [0.25, 0.3) is 0 Å². The molecule has 0 unspecified atom stereocenters. The van der Waals surface area contributed by atoms with Crippen LogP contribution >= 0.6 is 0 Å². The maximum atomic E-state index is 12.4. The van der Waals surface area contributed by atoms with Crippen LogP contribution in [0.3, 0.4) is 0 Å². The number of nitrogens with one attached hydrogen (secondary N) is 1. The molecule has 1 aliphatic rings. The summed E-state index contributed by atoms with van der Waals surface area (Å²) < 4.78 is 24.7. The fourth-order valence-corrected chi connectivity index (χ4v) is 4.90. The highest BCUT2D eigenvalue weighted by molar-refractivity contribution is 7.90. The van der Waals surface area contributed by atoms with Crippen molar-refractivity contribution in [1.29, 1.82) is 0 Å². The molecule has 0 spiro atoms. The summed E-state index contributed by atoms with van der Waals surface area (Å²) in [5.74, 6) is 2.10. The van der Waals surface area contributed by atoms with Gasteiger partial charge in [-0.3, -0.25) is 4.99 Å². The van der Waals surface area contributed by atoms with Crippen LogP contribution in [-0.4, -0.2) is 69.3 Å². The van der Waals surface area contributed by atoms with E-state index in [1.165, 1.54) is 0 Å². The lowest BCUT2D eigenvalue weighted by atomic mass is 10.2. The third-order valence-corrected chi connectivity index (χ3v) is 6.68. The highest BCUT2D eigenvalue weighted by atomic mass is 32.2. The molecule has 3 rings (SSSR count).